The number of methoxy groups -OCH3 is 2. The molecule has 0 spiro atoms. The lowest BCUT2D eigenvalue weighted by Gasteiger charge is -2.12. The molecule has 9 heavy (non-hydrogen) atoms. The topological polar surface area (TPSA) is 27.7 Å². The van der Waals surface area contributed by atoms with Gasteiger partial charge in [-0.1, -0.05) is 0 Å². The lowest BCUT2D eigenvalue weighted by atomic mass is 10.4. The van der Waals surface area contributed by atoms with Crippen LogP contribution in [0.15, 0.2) is 0 Å². The molecule has 0 atom stereocenters. The number of ether oxygens (including phenoxy) is 2. The molecule has 0 aromatic carbocycles. The van der Waals surface area contributed by atoms with Crippen LogP contribution < -0.4 is 0 Å². The molecule has 0 aliphatic carbocycles. The van der Waals surface area contributed by atoms with Crippen molar-refractivity contribution in [2.75, 3.05) is 27.4 Å². The highest BCUT2D eigenvalue weighted by Gasteiger charge is 2.03. The highest BCUT2D eigenvalue weighted by Crippen LogP contribution is 1.89. The molecule has 0 amide bonds. The van der Waals surface area contributed by atoms with E-state index in [1.54, 1.807) is 14.2 Å². The van der Waals surface area contributed by atoms with Crippen molar-refractivity contribution in [3.05, 3.63) is 0 Å². The van der Waals surface area contributed by atoms with Crippen molar-refractivity contribution in [3.8, 4) is 0 Å². The molecule has 4 heteroatoms. The summed E-state index contributed by atoms with van der Waals surface area (Å²) >= 11 is 0. The van der Waals surface area contributed by atoms with Crippen LogP contribution in [0.1, 0.15) is 0 Å². The van der Waals surface area contributed by atoms with Crippen LogP contribution >= 0.6 is 0 Å². The molecule has 0 aliphatic heterocycles. The van der Waals surface area contributed by atoms with Crippen molar-refractivity contribution in [2.24, 2.45) is 0 Å². The summed E-state index contributed by atoms with van der Waals surface area (Å²) in [7, 11) is 4.05. The first-order valence-electron chi connectivity index (χ1n) is 2.85. The molecule has 0 radical (unpaired) electrons. The average Bonchev–Trinajstić information content (AvgIpc) is 1.88. The van der Waals surface area contributed by atoms with Crippen LogP contribution in [0.25, 0.3) is 0 Å². The summed E-state index contributed by atoms with van der Waals surface area (Å²) in [6.45, 7) is 1.24. The van der Waals surface area contributed by atoms with Gasteiger partial charge in [0.05, 0.1) is 19.3 Å². The molecule has 56 valence electrons. The van der Waals surface area contributed by atoms with E-state index in [1.165, 1.54) is 0 Å². The maximum Gasteiger partial charge on any atom is 0.146 e. The lowest BCUT2D eigenvalue weighted by Crippen LogP contribution is -2.23. The van der Waals surface area contributed by atoms with Crippen LogP contribution in [-0.2, 0) is 13.9 Å². The second-order valence-electron chi connectivity index (χ2n) is 1.77. The van der Waals surface area contributed by atoms with Crippen LogP contribution in [-0.4, -0.2) is 44.0 Å². The van der Waals surface area contributed by atoms with E-state index in [-0.39, 0.29) is 6.10 Å². The Labute approximate surface area is 58.8 Å². The first-order chi connectivity index (χ1) is 4.35. The molecule has 0 heterocycles. The van der Waals surface area contributed by atoms with Crippen LogP contribution in [0, 0.1) is 0 Å². The Morgan fingerprint density at radius 1 is 1.22 bits per heavy atom. The van der Waals surface area contributed by atoms with Crippen molar-refractivity contribution >= 4 is 10.5 Å². The highest BCUT2D eigenvalue weighted by atomic mass is 28.2. The minimum absolute atomic E-state index is 0.131. The van der Waals surface area contributed by atoms with E-state index < -0.39 is 0 Å². The van der Waals surface area contributed by atoms with E-state index in [2.05, 4.69) is 0 Å². The molecule has 0 rings (SSSR count). The highest BCUT2D eigenvalue weighted by molar-refractivity contribution is 5.98. The number of rotatable bonds is 5. The fourth-order valence-corrected chi connectivity index (χ4v) is 0.828. The minimum Gasteiger partial charge on any atom is -0.420 e. The lowest BCUT2D eigenvalue weighted by molar-refractivity contribution is 0.0291. The van der Waals surface area contributed by atoms with Gasteiger partial charge in [0.25, 0.3) is 0 Å². The first-order valence-corrected chi connectivity index (χ1v) is 3.67. The number of hydrogen-bond acceptors (Lipinski definition) is 3. The summed E-state index contributed by atoms with van der Waals surface area (Å²) in [6.07, 6.45) is 0.131. The van der Waals surface area contributed by atoms with Gasteiger partial charge in [-0.05, 0) is 0 Å². The van der Waals surface area contributed by atoms with Gasteiger partial charge in [0.1, 0.15) is 10.5 Å². The summed E-state index contributed by atoms with van der Waals surface area (Å²) in [5.74, 6) is 0. The minimum atomic E-state index is 0.131. The zero-order valence-electron chi connectivity index (χ0n) is 6.22. The molecule has 0 saturated carbocycles. The zero-order chi connectivity index (χ0) is 7.11. The Morgan fingerprint density at radius 2 is 1.67 bits per heavy atom. The molecule has 0 saturated heterocycles. The van der Waals surface area contributed by atoms with Crippen molar-refractivity contribution in [1.82, 2.24) is 0 Å². The fourth-order valence-electron chi connectivity index (χ4n) is 0.556. The van der Waals surface area contributed by atoms with Gasteiger partial charge in [-0.3, -0.25) is 0 Å². The summed E-state index contributed by atoms with van der Waals surface area (Å²) in [6, 6.07) is 0. The summed E-state index contributed by atoms with van der Waals surface area (Å²) < 4.78 is 14.8. The quantitative estimate of drug-likeness (QED) is 0.468. The maximum absolute atomic E-state index is 5.12. The van der Waals surface area contributed by atoms with Crippen molar-refractivity contribution in [2.45, 2.75) is 6.10 Å². The summed E-state index contributed by atoms with van der Waals surface area (Å²) in [5, 5.41) is 0. The van der Waals surface area contributed by atoms with E-state index in [9.17, 15) is 0 Å². The Bertz CT molecular complexity index is 54.2. The van der Waals surface area contributed by atoms with Crippen LogP contribution in [0.2, 0.25) is 0 Å². The van der Waals surface area contributed by atoms with Crippen molar-refractivity contribution < 1.29 is 13.9 Å². The van der Waals surface area contributed by atoms with E-state index in [4.69, 9.17) is 13.9 Å². The third kappa shape index (κ3) is 4.59. The van der Waals surface area contributed by atoms with E-state index in [0.717, 1.165) is 10.5 Å². The molecule has 3 nitrogen and oxygen atoms in total. The molecule has 0 unspecified atom stereocenters. The SMILES string of the molecule is COCC(COC)O[SiH3]. The predicted octanol–water partition coefficient (Wildman–Crippen LogP) is -1.06. The Morgan fingerprint density at radius 3 is 1.89 bits per heavy atom. The third-order valence-electron chi connectivity index (χ3n) is 1.04. The third-order valence-corrected chi connectivity index (χ3v) is 1.71. The second kappa shape index (κ2) is 6.22. The Kier molecular flexibility index (Phi) is 6.29. The first kappa shape index (κ1) is 9.10. The number of hydrogen-bond donors (Lipinski definition) is 0. The van der Waals surface area contributed by atoms with E-state index >= 15 is 0 Å². The average molecular weight is 150 g/mol. The summed E-state index contributed by atoms with van der Waals surface area (Å²) in [4.78, 5) is 0. The van der Waals surface area contributed by atoms with Crippen LogP contribution in [0.3, 0.4) is 0 Å². The van der Waals surface area contributed by atoms with E-state index in [0.29, 0.717) is 13.2 Å². The van der Waals surface area contributed by atoms with Gasteiger partial charge < -0.3 is 13.9 Å². The van der Waals surface area contributed by atoms with Crippen molar-refractivity contribution in [3.63, 3.8) is 0 Å². The molecule has 0 N–H and O–H groups in total. The fraction of sp³-hybridized carbons (Fsp3) is 1.00. The normalized spacial score (nSPS) is 11.0. The monoisotopic (exact) mass is 150 g/mol. The molecule has 0 fully saturated rings. The molecule has 0 aromatic rings. The Hall–Kier alpha value is 0.0969. The van der Waals surface area contributed by atoms with Gasteiger partial charge >= 0.3 is 0 Å². The van der Waals surface area contributed by atoms with Gasteiger partial charge in [-0.15, -0.1) is 0 Å². The van der Waals surface area contributed by atoms with Gasteiger partial charge in [0.15, 0.2) is 0 Å². The second-order valence-corrected chi connectivity index (χ2v) is 2.24. The summed E-state index contributed by atoms with van der Waals surface area (Å²) in [5.41, 5.74) is 0. The van der Waals surface area contributed by atoms with Gasteiger partial charge in [-0.2, -0.15) is 0 Å². The van der Waals surface area contributed by atoms with Gasteiger partial charge in [0.2, 0.25) is 0 Å². The van der Waals surface area contributed by atoms with Crippen LogP contribution in [0.5, 0.6) is 0 Å². The van der Waals surface area contributed by atoms with Gasteiger partial charge in [-0.25, -0.2) is 0 Å². The molecule has 0 aliphatic rings. The molecular formula is C5H14O3Si. The standard InChI is InChI=1S/C5H14O3Si/c1-6-3-5(8-9)4-7-2/h5H,3-4H2,1-2,9H3. The predicted molar refractivity (Wildman–Crippen MR) is 38.6 cm³/mol. The smallest absolute Gasteiger partial charge is 0.146 e. The maximum atomic E-state index is 5.12. The Balaban J connectivity index is 3.18. The molecule has 0 aromatic heterocycles. The van der Waals surface area contributed by atoms with Gasteiger partial charge in [0, 0.05) is 14.2 Å². The molecule has 0 bridgehead atoms. The zero-order valence-corrected chi connectivity index (χ0v) is 8.22. The van der Waals surface area contributed by atoms with Crippen LogP contribution in [0.4, 0.5) is 0 Å². The van der Waals surface area contributed by atoms with Crippen molar-refractivity contribution in [1.29, 1.82) is 0 Å². The van der Waals surface area contributed by atoms with E-state index in [1.807, 2.05) is 0 Å². The molecular weight excluding hydrogens is 136 g/mol. The largest absolute Gasteiger partial charge is 0.420 e.